The van der Waals surface area contributed by atoms with Crippen molar-refractivity contribution < 1.29 is 14.3 Å². The molecule has 2 amide bonds. The molecular formula is C23H29N3O3. The summed E-state index contributed by atoms with van der Waals surface area (Å²) in [5.74, 6) is 0.0946. The molecule has 1 saturated heterocycles. The van der Waals surface area contributed by atoms with Gasteiger partial charge in [0.2, 0.25) is 5.91 Å². The maximum atomic E-state index is 12.4. The van der Waals surface area contributed by atoms with E-state index in [4.69, 9.17) is 4.74 Å². The van der Waals surface area contributed by atoms with Crippen molar-refractivity contribution >= 4 is 17.7 Å². The fourth-order valence-corrected chi connectivity index (χ4v) is 3.33. The van der Waals surface area contributed by atoms with Crippen molar-refractivity contribution in [3.05, 3.63) is 65.7 Å². The molecule has 3 rings (SSSR count). The summed E-state index contributed by atoms with van der Waals surface area (Å²) in [4.78, 5) is 29.9. The first-order valence-corrected chi connectivity index (χ1v) is 10.0. The molecule has 0 aliphatic carbocycles. The smallest absolute Gasteiger partial charge is 0.410 e. The molecule has 0 N–H and O–H groups in total. The van der Waals surface area contributed by atoms with Crippen molar-refractivity contribution in [3.63, 3.8) is 0 Å². The molecule has 1 fully saturated rings. The van der Waals surface area contributed by atoms with Crippen LogP contribution in [-0.2, 0) is 22.6 Å². The van der Waals surface area contributed by atoms with Crippen LogP contribution in [0.4, 0.5) is 10.5 Å². The van der Waals surface area contributed by atoms with Crippen molar-refractivity contribution in [2.24, 2.45) is 0 Å². The van der Waals surface area contributed by atoms with Crippen LogP contribution in [0.3, 0.4) is 0 Å². The maximum absolute atomic E-state index is 12.4. The Hall–Kier alpha value is -3.02. The number of amides is 2. The molecule has 29 heavy (non-hydrogen) atoms. The Balaban J connectivity index is 1.51. The van der Waals surface area contributed by atoms with Gasteiger partial charge in [-0.2, -0.15) is 0 Å². The number of likely N-dealkylation sites (N-methyl/N-ethyl adjacent to an activating group) is 1. The van der Waals surface area contributed by atoms with E-state index in [2.05, 4.69) is 17.0 Å². The summed E-state index contributed by atoms with van der Waals surface area (Å²) >= 11 is 0. The topological polar surface area (TPSA) is 53.1 Å². The molecule has 0 aromatic heterocycles. The van der Waals surface area contributed by atoms with Crippen LogP contribution in [-0.4, -0.2) is 62.1 Å². The average molecular weight is 396 g/mol. The molecule has 6 nitrogen and oxygen atoms in total. The summed E-state index contributed by atoms with van der Waals surface area (Å²) in [6, 6.07) is 17.9. The van der Waals surface area contributed by atoms with E-state index < -0.39 is 0 Å². The van der Waals surface area contributed by atoms with Gasteiger partial charge in [0.25, 0.3) is 0 Å². The average Bonchev–Trinajstić information content (AvgIpc) is 2.99. The van der Waals surface area contributed by atoms with Crippen LogP contribution in [0.1, 0.15) is 17.5 Å². The Morgan fingerprint density at radius 3 is 2.31 bits per heavy atom. The number of rotatable bonds is 5. The summed E-state index contributed by atoms with van der Waals surface area (Å²) in [6.45, 7) is 3.27. The van der Waals surface area contributed by atoms with Crippen LogP contribution in [0.25, 0.3) is 0 Å². The third-order valence-electron chi connectivity index (χ3n) is 5.11. The SMILES string of the molecule is CN(C)C(=O)Cc1ccc(N2CCCN(C(=O)OCc3ccccc3)CC2)cc1. The van der Waals surface area contributed by atoms with Gasteiger partial charge in [0.1, 0.15) is 6.61 Å². The van der Waals surface area contributed by atoms with Gasteiger partial charge in [0.05, 0.1) is 6.42 Å². The molecule has 0 radical (unpaired) electrons. The predicted molar refractivity (Wildman–Crippen MR) is 114 cm³/mol. The summed E-state index contributed by atoms with van der Waals surface area (Å²) in [5, 5.41) is 0. The van der Waals surface area contributed by atoms with Crippen LogP contribution in [0.2, 0.25) is 0 Å². The number of anilines is 1. The standard InChI is InChI=1S/C23H29N3O3/c1-24(2)22(27)17-19-9-11-21(12-10-19)25-13-6-14-26(16-15-25)23(28)29-18-20-7-4-3-5-8-20/h3-5,7-12H,6,13-18H2,1-2H3. The third kappa shape index (κ3) is 5.98. The lowest BCUT2D eigenvalue weighted by atomic mass is 10.1. The minimum absolute atomic E-state index is 0.0946. The van der Waals surface area contributed by atoms with Crippen LogP contribution >= 0.6 is 0 Å². The van der Waals surface area contributed by atoms with Gasteiger partial charge in [-0.1, -0.05) is 42.5 Å². The molecule has 1 aliphatic rings. The number of carbonyl (C=O) groups is 2. The van der Waals surface area contributed by atoms with Crippen LogP contribution in [0.5, 0.6) is 0 Å². The Bertz CT molecular complexity index is 806. The Morgan fingerprint density at radius 1 is 0.897 bits per heavy atom. The predicted octanol–water partition coefficient (Wildman–Crippen LogP) is 3.17. The largest absolute Gasteiger partial charge is 0.445 e. The van der Waals surface area contributed by atoms with E-state index in [9.17, 15) is 9.59 Å². The second-order valence-corrected chi connectivity index (χ2v) is 7.50. The zero-order valence-corrected chi connectivity index (χ0v) is 17.2. The number of nitrogens with zero attached hydrogens (tertiary/aromatic N) is 3. The highest BCUT2D eigenvalue weighted by molar-refractivity contribution is 5.78. The van der Waals surface area contributed by atoms with Crippen molar-refractivity contribution in [2.45, 2.75) is 19.4 Å². The molecule has 0 spiro atoms. The van der Waals surface area contributed by atoms with Crippen molar-refractivity contribution in [1.82, 2.24) is 9.80 Å². The van der Waals surface area contributed by atoms with Crippen molar-refractivity contribution in [3.8, 4) is 0 Å². The first-order valence-electron chi connectivity index (χ1n) is 10.0. The fourth-order valence-electron chi connectivity index (χ4n) is 3.33. The Kier molecular flexibility index (Phi) is 7.11. The van der Waals surface area contributed by atoms with E-state index in [-0.39, 0.29) is 12.0 Å². The summed E-state index contributed by atoms with van der Waals surface area (Å²) in [6.07, 6.45) is 1.04. The third-order valence-corrected chi connectivity index (χ3v) is 5.11. The highest BCUT2D eigenvalue weighted by atomic mass is 16.6. The molecule has 154 valence electrons. The van der Waals surface area contributed by atoms with E-state index in [1.54, 1.807) is 23.9 Å². The number of hydrogen-bond donors (Lipinski definition) is 0. The normalized spacial score (nSPS) is 14.3. The monoisotopic (exact) mass is 395 g/mol. The first kappa shape index (κ1) is 20.7. The molecule has 1 heterocycles. The number of hydrogen-bond acceptors (Lipinski definition) is 4. The zero-order valence-electron chi connectivity index (χ0n) is 17.2. The Morgan fingerprint density at radius 2 is 1.62 bits per heavy atom. The minimum atomic E-state index is -0.256. The summed E-state index contributed by atoms with van der Waals surface area (Å²) < 4.78 is 5.47. The van der Waals surface area contributed by atoms with Crippen LogP contribution in [0, 0.1) is 0 Å². The molecule has 2 aromatic carbocycles. The molecule has 6 heteroatoms. The number of benzene rings is 2. The van der Waals surface area contributed by atoms with E-state index in [1.807, 2.05) is 42.5 Å². The maximum Gasteiger partial charge on any atom is 0.410 e. The van der Waals surface area contributed by atoms with Gasteiger partial charge in [-0.15, -0.1) is 0 Å². The lowest BCUT2D eigenvalue weighted by Crippen LogP contribution is -2.35. The highest BCUT2D eigenvalue weighted by Crippen LogP contribution is 2.18. The molecule has 2 aromatic rings. The minimum Gasteiger partial charge on any atom is -0.445 e. The highest BCUT2D eigenvalue weighted by Gasteiger charge is 2.20. The quantitative estimate of drug-likeness (QED) is 0.780. The van der Waals surface area contributed by atoms with Gasteiger partial charge in [0.15, 0.2) is 0 Å². The van der Waals surface area contributed by atoms with E-state index in [0.29, 0.717) is 26.1 Å². The second-order valence-electron chi connectivity index (χ2n) is 7.50. The van der Waals surface area contributed by atoms with Gasteiger partial charge < -0.3 is 19.4 Å². The summed E-state index contributed by atoms with van der Waals surface area (Å²) in [7, 11) is 3.54. The van der Waals surface area contributed by atoms with E-state index in [1.165, 1.54) is 0 Å². The van der Waals surface area contributed by atoms with Gasteiger partial charge in [-0.3, -0.25) is 4.79 Å². The van der Waals surface area contributed by atoms with Crippen LogP contribution < -0.4 is 4.90 Å². The van der Waals surface area contributed by atoms with Crippen molar-refractivity contribution in [1.29, 1.82) is 0 Å². The Labute approximate surface area is 172 Å². The first-order chi connectivity index (χ1) is 14.0. The molecular weight excluding hydrogens is 366 g/mol. The molecule has 0 saturated carbocycles. The number of ether oxygens (including phenoxy) is 1. The lowest BCUT2D eigenvalue weighted by Gasteiger charge is -2.24. The lowest BCUT2D eigenvalue weighted by molar-refractivity contribution is -0.127. The van der Waals surface area contributed by atoms with Gasteiger partial charge in [-0.05, 0) is 29.7 Å². The van der Waals surface area contributed by atoms with Gasteiger partial charge in [-0.25, -0.2) is 4.79 Å². The molecule has 0 bridgehead atoms. The molecule has 0 unspecified atom stereocenters. The summed E-state index contributed by atoms with van der Waals surface area (Å²) in [5.41, 5.74) is 3.11. The second kappa shape index (κ2) is 9.96. The van der Waals surface area contributed by atoms with Crippen molar-refractivity contribution in [2.75, 3.05) is 45.2 Å². The number of carbonyl (C=O) groups excluding carboxylic acids is 2. The zero-order chi connectivity index (χ0) is 20.6. The van der Waals surface area contributed by atoms with Gasteiger partial charge >= 0.3 is 6.09 Å². The molecule has 1 aliphatic heterocycles. The fraction of sp³-hybridized carbons (Fsp3) is 0.391. The van der Waals surface area contributed by atoms with E-state index >= 15 is 0 Å². The van der Waals surface area contributed by atoms with E-state index in [0.717, 1.165) is 36.3 Å². The van der Waals surface area contributed by atoms with Gasteiger partial charge in [0, 0.05) is 46.0 Å². The van der Waals surface area contributed by atoms with Crippen LogP contribution in [0.15, 0.2) is 54.6 Å². The molecule has 0 atom stereocenters.